The van der Waals surface area contributed by atoms with Gasteiger partial charge in [-0.3, -0.25) is 0 Å². The molecule has 2 rings (SSSR count). The second kappa shape index (κ2) is 6.18. The Bertz CT molecular complexity index is 630. The van der Waals surface area contributed by atoms with Gasteiger partial charge < -0.3 is 9.84 Å². The standard InChI is InChI=1S/C16H14FNO2/c1-11(19)14-3-2-4-15(17)16(14)20-13-7-5-12(6-8-13)9-10-18/h2-8,11,19H,9H2,1H3. The van der Waals surface area contributed by atoms with Gasteiger partial charge in [0, 0.05) is 5.56 Å². The summed E-state index contributed by atoms with van der Waals surface area (Å²) in [5.41, 5.74) is 1.26. The molecule has 3 nitrogen and oxygen atoms in total. The molecule has 0 aliphatic rings. The van der Waals surface area contributed by atoms with E-state index in [1.807, 2.05) is 0 Å². The molecule has 0 fully saturated rings. The predicted molar refractivity (Wildman–Crippen MR) is 72.9 cm³/mol. The summed E-state index contributed by atoms with van der Waals surface area (Å²) in [5, 5.41) is 18.2. The minimum absolute atomic E-state index is 0.0236. The third-order valence-corrected chi connectivity index (χ3v) is 2.87. The lowest BCUT2D eigenvalue weighted by Gasteiger charge is -2.14. The number of aliphatic hydroxyl groups is 1. The Hall–Kier alpha value is -2.38. The van der Waals surface area contributed by atoms with Gasteiger partial charge in [-0.15, -0.1) is 0 Å². The van der Waals surface area contributed by atoms with Gasteiger partial charge in [0.2, 0.25) is 0 Å². The number of para-hydroxylation sites is 1. The van der Waals surface area contributed by atoms with E-state index < -0.39 is 11.9 Å². The topological polar surface area (TPSA) is 53.2 Å². The molecule has 0 saturated carbocycles. The smallest absolute Gasteiger partial charge is 0.168 e. The maximum Gasteiger partial charge on any atom is 0.168 e. The number of hydrogen-bond acceptors (Lipinski definition) is 3. The highest BCUT2D eigenvalue weighted by Gasteiger charge is 2.14. The van der Waals surface area contributed by atoms with Crippen molar-refractivity contribution >= 4 is 0 Å². The van der Waals surface area contributed by atoms with Crippen molar-refractivity contribution in [1.82, 2.24) is 0 Å². The molecule has 0 bridgehead atoms. The van der Waals surface area contributed by atoms with E-state index >= 15 is 0 Å². The third-order valence-electron chi connectivity index (χ3n) is 2.87. The molecule has 0 amide bonds. The largest absolute Gasteiger partial charge is 0.454 e. The van der Waals surface area contributed by atoms with Crippen molar-refractivity contribution < 1.29 is 14.2 Å². The molecular formula is C16H14FNO2. The Labute approximate surface area is 116 Å². The molecule has 0 spiro atoms. The number of benzene rings is 2. The molecule has 0 aliphatic heterocycles. The van der Waals surface area contributed by atoms with Crippen molar-refractivity contribution in [2.45, 2.75) is 19.4 Å². The summed E-state index contributed by atoms with van der Waals surface area (Å²) >= 11 is 0. The highest BCUT2D eigenvalue weighted by atomic mass is 19.1. The van der Waals surface area contributed by atoms with Crippen LogP contribution in [0.15, 0.2) is 42.5 Å². The summed E-state index contributed by atoms with van der Waals surface area (Å²) < 4.78 is 19.3. The summed E-state index contributed by atoms with van der Waals surface area (Å²) in [7, 11) is 0. The van der Waals surface area contributed by atoms with E-state index in [0.717, 1.165) is 5.56 Å². The first-order valence-electron chi connectivity index (χ1n) is 6.22. The zero-order valence-electron chi connectivity index (χ0n) is 11.0. The van der Waals surface area contributed by atoms with E-state index in [1.165, 1.54) is 12.1 Å². The molecule has 0 saturated heterocycles. The molecule has 2 aromatic carbocycles. The Morgan fingerprint density at radius 3 is 2.55 bits per heavy atom. The van der Waals surface area contributed by atoms with E-state index in [2.05, 4.69) is 6.07 Å². The van der Waals surface area contributed by atoms with Crippen LogP contribution in [-0.4, -0.2) is 5.11 Å². The average Bonchev–Trinajstić information content (AvgIpc) is 2.43. The quantitative estimate of drug-likeness (QED) is 0.921. The van der Waals surface area contributed by atoms with Crippen LogP contribution in [-0.2, 0) is 6.42 Å². The summed E-state index contributed by atoms with van der Waals surface area (Å²) in [4.78, 5) is 0. The van der Waals surface area contributed by atoms with Gasteiger partial charge in [-0.05, 0) is 30.7 Å². The van der Waals surface area contributed by atoms with E-state index in [9.17, 15) is 9.50 Å². The molecule has 1 atom stereocenters. The van der Waals surface area contributed by atoms with Gasteiger partial charge >= 0.3 is 0 Å². The molecule has 0 heterocycles. The summed E-state index contributed by atoms with van der Waals surface area (Å²) in [6.07, 6.45) is -0.502. The first-order valence-corrected chi connectivity index (χ1v) is 6.22. The third kappa shape index (κ3) is 3.14. The van der Waals surface area contributed by atoms with Crippen molar-refractivity contribution in [1.29, 1.82) is 5.26 Å². The lowest BCUT2D eigenvalue weighted by atomic mass is 10.1. The van der Waals surface area contributed by atoms with Gasteiger partial charge in [0.05, 0.1) is 18.6 Å². The lowest BCUT2D eigenvalue weighted by molar-refractivity contribution is 0.194. The van der Waals surface area contributed by atoms with E-state index in [1.54, 1.807) is 37.3 Å². The zero-order valence-corrected chi connectivity index (χ0v) is 11.0. The first kappa shape index (κ1) is 14.0. The second-order valence-electron chi connectivity index (χ2n) is 4.42. The van der Waals surface area contributed by atoms with Crippen LogP contribution in [0.25, 0.3) is 0 Å². The molecule has 0 aromatic heterocycles. The fraction of sp³-hybridized carbons (Fsp3) is 0.188. The highest BCUT2D eigenvalue weighted by molar-refractivity contribution is 5.40. The Kier molecular flexibility index (Phi) is 4.34. The average molecular weight is 271 g/mol. The Morgan fingerprint density at radius 2 is 1.95 bits per heavy atom. The van der Waals surface area contributed by atoms with Crippen LogP contribution >= 0.6 is 0 Å². The first-order chi connectivity index (χ1) is 9.61. The van der Waals surface area contributed by atoms with Crippen molar-refractivity contribution in [2.75, 3.05) is 0 Å². The summed E-state index contributed by atoms with van der Waals surface area (Å²) in [5.74, 6) is -0.0428. The minimum Gasteiger partial charge on any atom is -0.454 e. The number of hydrogen-bond donors (Lipinski definition) is 1. The second-order valence-corrected chi connectivity index (χ2v) is 4.42. The molecule has 2 aromatic rings. The van der Waals surface area contributed by atoms with Crippen molar-refractivity contribution in [3.8, 4) is 17.6 Å². The summed E-state index contributed by atoms with van der Waals surface area (Å²) in [6.45, 7) is 1.55. The van der Waals surface area contributed by atoms with Gasteiger partial charge in [0.15, 0.2) is 11.6 Å². The summed E-state index contributed by atoms with van der Waals surface area (Å²) in [6, 6.07) is 13.3. The van der Waals surface area contributed by atoms with Gasteiger partial charge in [-0.25, -0.2) is 4.39 Å². The number of nitriles is 1. The SMILES string of the molecule is CC(O)c1cccc(F)c1Oc1ccc(CC#N)cc1. The molecule has 0 radical (unpaired) electrons. The zero-order chi connectivity index (χ0) is 14.5. The number of rotatable bonds is 4. The van der Waals surface area contributed by atoms with Crippen LogP contribution in [0.1, 0.15) is 24.2 Å². The van der Waals surface area contributed by atoms with Crippen LogP contribution in [0.2, 0.25) is 0 Å². The van der Waals surface area contributed by atoms with Crippen LogP contribution < -0.4 is 4.74 Å². The lowest BCUT2D eigenvalue weighted by Crippen LogP contribution is -1.98. The van der Waals surface area contributed by atoms with Gasteiger partial charge in [-0.2, -0.15) is 5.26 Å². The molecule has 102 valence electrons. The molecule has 1 N–H and O–H groups in total. The van der Waals surface area contributed by atoms with Gasteiger partial charge in [0.1, 0.15) is 5.75 Å². The molecule has 0 aliphatic carbocycles. The van der Waals surface area contributed by atoms with Gasteiger partial charge in [-0.1, -0.05) is 24.3 Å². The number of nitrogens with zero attached hydrogens (tertiary/aromatic N) is 1. The fourth-order valence-corrected chi connectivity index (χ4v) is 1.85. The van der Waals surface area contributed by atoms with E-state index in [0.29, 0.717) is 17.7 Å². The Balaban J connectivity index is 2.28. The van der Waals surface area contributed by atoms with Crippen LogP contribution in [0.4, 0.5) is 4.39 Å². The van der Waals surface area contributed by atoms with Crippen molar-refractivity contribution in [2.24, 2.45) is 0 Å². The minimum atomic E-state index is -0.821. The number of halogens is 1. The van der Waals surface area contributed by atoms with Crippen LogP contribution in [0.5, 0.6) is 11.5 Å². The monoisotopic (exact) mass is 271 g/mol. The van der Waals surface area contributed by atoms with E-state index in [4.69, 9.17) is 10.00 Å². The molecule has 20 heavy (non-hydrogen) atoms. The number of ether oxygens (including phenoxy) is 1. The van der Waals surface area contributed by atoms with Crippen molar-refractivity contribution in [3.63, 3.8) is 0 Å². The maximum absolute atomic E-state index is 13.8. The Morgan fingerprint density at radius 1 is 1.25 bits per heavy atom. The van der Waals surface area contributed by atoms with Crippen LogP contribution in [0.3, 0.4) is 0 Å². The molecular weight excluding hydrogens is 257 g/mol. The maximum atomic E-state index is 13.8. The van der Waals surface area contributed by atoms with Crippen LogP contribution in [0, 0.1) is 17.1 Å². The fourth-order valence-electron chi connectivity index (χ4n) is 1.85. The normalized spacial score (nSPS) is 11.7. The van der Waals surface area contributed by atoms with E-state index in [-0.39, 0.29) is 5.75 Å². The van der Waals surface area contributed by atoms with Gasteiger partial charge in [0.25, 0.3) is 0 Å². The highest BCUT2D eigenvalue weighted by Crippen LogP contribution is 2.32. The predicted octanol–water partition coefficient (Wildman–Crippen LogP) is 3.74. The van der Waals surface area contributed by atoms with Crippen molar-refractivity contribution in [3.05, 3.63) is 59.4 Å². The molecule has 4 heteroatoms. The molecule has 1 unspecified atom stereocenters. The number of aliphatic hydroxyl groups excluding tert-OH is 1.